The Kier molecular flexibility index (Phi) is 5.96. The molecule has 2 heterocycles. The summed E-state index contributed by atoms with van der Waals surface area (Å²) >= 11 is 0. The molecule has 0 bridgehead atoms. The lowest BCUT2D eigenvalue weighted by atomic mass is 10.2. The van der Waals surface area contributed by atoms with E-state index in [2.05, 4.69) is 15.6 Å². The van der Waals surface area contributed by atoms with Crippen LogP contribution in [0.15, 0.2) is 71.9 Å². The highest BCUT2D eigenvalue weighted by atomic mass is 16.2. The maximum atomic E-state index is 12.2. The number of rotatable bonds is 6. The average Bonchev–Trinajstić information content (AvgIpc) is 2.70. The molecule has 2 aromatic heterocycles. The van der Waals surface area contributed by atoms with Crippen LogP contribution in [0.3, 0.4) is 0 Å². The van der Waals surface area contributed by atoms with Crippen LogP contribution in [-0.4, -0.2) is 21.4 Å². The highest BCUT2D eigenvalue weighted by Gasteiger charge is 2.08. The number of anilines is 1. The number of aryl methyl sites for hydroxylation is 1. The number of benzene rings is 1. The molecular formula is C21H20N4O3. The first-order chi connectivity index (χ1) is 13.5. The molecule has 7 nitrogen and oxygen atoms in total. The number of amides is 2. The summed E-state index contributed by atoms with van der Waals surface area (Å²) in [5, 5.41) is 5.55. The number of hydrogen-bond donors (Lipinski definition) is 2. The fourth-order valence-electron chi connectivity index (χ4n) is 2.62. The summed E-state index contributed by atoms with van der Waals surface area (Å²) in [5.41, 5.74) is 2.66. The first kappa shape index (κ1) is 19.0. The van der Waals surface area contributed by atoms with Gasteiger partial charge in [0.2, 0.25) is 5.91 Å². The quantitative estimate of drug-likeness (QED) is 0.689. The fourth-order valence-corrected chi connectivity index (χ4v) is 2.62. The Morgan fingerprint density at radius 3 is 2.43 bits per heavy atom. The van der Waals surface area contributed by atoms with Crippen LogP contribution in [0.5, 0.6) is 0 Å². The smallest absolute Gasteiger partial charge is 0.251 e. The third-order valence-electron chi connectivity index (χ3n) is 4.08. The van der Waals surface area contributed by atoms with Gasteiger partial charge in [-0.05, 0) is 54.4 Å². The highest BCUT2D eigenvalue weighted by molar-refractivity contribution is 5.95. The second kappa shape index (κ2) is 8.77. The summed E-state index contributed by atoms with van der Waals surface area (Å²) in [6.07, 6.45) is 4.98. The van der Waals surface area contributed by atoms with Gasteiger partial charge in [0.05, 0.1) is 0 Å². The summed E-state index contributed by atoms with van der Waals surface area (Å²) < 4.78 is 1.35. The third-order valence-corrected chi connectivity index (χ3v) is 4.08. The minimum atomic E-state index is -0.317. The van der Waals surface area contributed by atoms with Crippen molar-refractivity contribution in [2.45, 2.75) is 20.0 Å². The first-order valence-electron chi connectivity index (χ1n) is 8.75. The Hall–Kier alpha value is -3.74. The van der Waals surface area contributed by atoms with Crippen molar-refractivity contribution >= 4 is 17.5 Å². The topological polar surface area (TPSA) is 93.1 Å². The van der Waals surface area contributed by atoms with Crippen molar-refractivity contribution < 1.29 is 9.59 Å². The highest BCUT2D eigenvalue weighted by Crippen LogP contribution is 2.10. The lowest BCUT2D eigenvalue weighted by Gasteiger charge is -2.09. The summed E-state index contributed by atoms with van der Waals surface area (Å²) in [6.45, 7) is 2.19. The van der Waals surface area contributed by atoms with Gasteiger partial charge in [-0.15, -0.1) is 0 Å². The molecular weight excluding hydrogens is 356 g/mol. The fraction of sp³-hybridized carbons (Fsp3) is 0.143. The molecule has 7 heteroatoms. The van der Waals surface area contributed by atoms with E-state index in [1.54, 1.807) is 48.9 Å². The molecule has 1 aromatic carbocycles. The Labute approximate surface area is 162 Å². The van der Waals surface area contributed by atoms with Gasteiger partial charge in [0.25, 0.3) is 11.5 Å². The van der Waals surface area contributed by atoms with Crippen LogP contribution in [0, 0.1) is 6.92 Å². The number of carbonyl (C=O) groups excluding carboxylic acids is 2. The van der Waals surface area contributed by atoms with Crippen molar-refractivity contribution in [2.24, 2.45) is 0 Å². The Bertz CT molecular complexity index is 1030. The van der Waals surface area contributed by atoms with Gasteiger partial charge in [-0.25, -0.2) is 0 Å². The lowest BCUT2D eigenvalue weighted by molar-refractivity contribution is -0.116. The van der Waals surface area contributed by atoms with Gasteiger partial charge >= 0.3 is 0 Å². The zero-order valence-electron chi connectivity index (χ0n) is 15.4. The predicted octanol–water partition coefficient (Wildman–Crippen LogP) is 2.12. The van der Waals surface area contributed by atoms with Crippen molar-refractivity contribution in [3.05, 3.63) is 94.2 Å². The van der Waals surface area contributed by atoms with E-state index < -0.39 is 0 Å². The van der Waals surface area contributed by atoms with Crippen LogP contribution in [-0.2, 0) is 17.9 Å². The predicted molar refractivity (Wildman–Crippen MR) is 106 cm³/mol. The van der Waals surface area contributed by atoms with Crippen LogP contribution in [0.1, 0.15) is 21.5 Å². The Morgan fingerprint density at radius 2 is 1.71 bits per heavy atom. The van der Waals surface area contributed by atoms with Crippen LogP contribution in [0.2, 0.25) is 0 Å². The minimum Gasteiger partial charge on any atom is -0.348 e. The Morgan fingerprint density at radius 1 is 1.00 bits per heavy atom. The standard InChI is InChI=1S/C21H20N4O3/c1-15-2-7-20(27)25(13-15)14-19(26)24-18-5-3-17(4-6-18)21(28)23-12-16-8-10-22-11-9-16/h2-11,13H,12,14H2,1H3,(H,23,28)(H,24,26). The Balaban J connectivity index is 1.56. The molecule has 28 heavy (non-hydrogen) atoms. The van der Waals surface area contributed by atoms with Crippen LogP contribution < -0.4 is 16.2 Å². The van der Waals surface area contributed by atoms with E-state index in [0.717, 1.165) is 11.1 Å². The van der Waals surface area contributed by atoms with Gasteiger partial charge in [0.15, 0.2) is 0 Å². The number of carbonyl (C=O) groups is 2. The van der Waals surface area contributed by atoms with Crippen LogP contribution >= 0.6 is 0 Å². The van der Waals surface area contributed by atoms with E-state index in [0.29, 0.717) is 17.8 Å². The zero-order chi connectivity index (χ0) is 19.9. The maximum absolute atomic E-state index is 12.2. The average molecular weight is 376 g/mol. The number of pyridine rings is 2. The molecule has 0 aliphatic rings. The molecule has 0 atom stereocenters. The van der Waals surface area contributed by atoms with Gasteiger partial charge in [-0.2, -0.15) is 0 Å². The summed E-state index contributed by atoms with van der Waals surface area (Å²) in [5.74, 6) is -0.524. The van der Waals surface area contributed by atoms with E-state index in [1.807, 2.05) is 19.1 Å². The molecule has 0 radical (unpaired) electrons. The van der Waals surface area contributed by atoms with E-state index >= 15 is 0 Å². The van der Waals surface area contributed by atoms with Crippen molar-refractivity contribution in [3.63, 3.8) is 0 Å². The summed E-state index contributed by atoms with van der Waals surface area (Å²) in [6, 6.07) is 13.4. The molecule has 0 saturated heterocycles. The van der Waals surface area contributed by atoms with Crippen molar-refractivity contribution in [3.8, 4) is 0 Å². The van der Waals surface area contributed by atoms with Gasteiger partial charge in [0.1, 0.15) is 6.54 Å². The number of hydrogen-bond acceptors (Lipinski definition) is 4. The van der Waals surface area contributed by atoms with Gasteiger partial charge in [0, 0.05) is 42.5 Å². The number of nitrogens with zero attached hydrogens (tertiary/aromatic N) is 2. The monoisotopic (exact) mass is 376 g/mol. The molecule has 0 spiro atoms. The van der Waals surface area contributed by atoms with Crippen molar-refractivity contribution in [1.29, 1.82) is 0 Å². The molecule has 142 valence electrons. The number of nitrogens with one attached hydrogen (secondary N) is 2. The maximum Gasteiger partial charge on any atom is 0.251 e. The summed E-state index contributed by atoms with van der Waals surface area (Å²) in [7, 11) is 0. The van der Waals surface area contributed by atoms with Gasteiger partial charge in [-0.3, -0.25) is 19.4 Å². The normalized spacial score (nSPS) is 10.3. The second-order valence-electron chi connectivity index (χ2n) is 6.34. The summed E-state index contributed by atoms with van der Waals surface area (Å²) in [4.78, 5) is 40.1. The SMILES string of the molecule is Cc1ccc(=O)n(CC(=O)Nc2ccc(C(=O)NCc3ccncc3)cc2)c1. The lowest BCUT2D eigenvalue weighted by Crippen LogP contribution is -2.27. The molecule has 2 amide bonds. The molecule has 0 unspecified atom stereocenters. The minimum absolute atomic E-state index is 0.0747. The molecule has 0 aliphatic carbocycles. The van der Waals surface area contributed by atoms with Gasteiger partial charge < -0.3 is 15.2 Å². The third kappa shape index (κ3) is 5.14. The first-order valence-corrected chi connectivity index (χ1v) is 8.75. The van der Waals surface area contributed by atoms with Crippen LogP contribution in [0.4, 0.5) is 5.69 Å². The van der Waals surface area contributed by atoms with E-state index in [9.17, 15) is 14.4 Å². The van der Waals surface area contributed by atoms with E-state index in [4.69, 9.17) is 0 Å². The van der Waals surface area contributed by atoms with Crippen molar-refractivity contribution in [2.75, 3.05) is 5.32 Å². The van der Waals surface area contributed by atoms with E-state index in [-0.39, 0.29) is 23.9 Å². The molecule has 3 aromatic rings. The van der Waals surface area contributed by atoms with E-state index in [1.165, 1.54) is 10.6 Å². The molecule has 0 fully saturated rings. The zero-order valence-corrected chi connectivity index (χ0v) is 15.4. The molecule has 2 N–H and O–H groups in total. The van der Waals surface area contributed by atoms with Gasteiger partial charge in [-0.1, -0.05) is 6.07 Å². The molecule has 3 rings (SSSR count). The van der Waals surface area contributed by atoms with Crippen molar-refractivity contribution in [1.82, 2.24) is 14.9 Å². The molecule has 0 aliphatic heterocycles. The molecule has 0 saturated carbocycles. The largest absolute Gasteiger partial charge is 0.348 e. The second-order valence-corrected chi connectivity index (χ2v) is 6.34. The van der Waals surface area contributed by atoms with Crippen LogP contribution in [0.25, 0.3) is 0 Å². The number of aromatic nitrogens is 2.